The summed E-state index contributed by atoms with van der Waals surface area (Å²) in [6, 6.07) is 4.31. The van der Waals surface area contributed by atoms with Gasteiger partial charge in [-0.05, 0) is 38.5 Å². The van der Waals surface area contributed by atoms with Crippen LogP contribution in [-0.2, 0) is 0 Å². The molecule has 118 valence electrons. The van der Waals surface area contributed by atoms with Crippen molar-refractivity contribution in [2.45, 2.75) is 45.1 Å². The summed E-state index contributed by atoms with van der Waals surface area (Å²) in [4.78, 5) is 2.39. The predicted molar refractivity (Wildman–Crippen MR) is 82.3 cm³/mol. The number of halogens is 2. The van der Waals surface area contributed by atoms with Gasteiger partial charge < -0.3 is 10.2 Å². The lowest BCUT2D eigenvalue weighted by Gasteiger charge is -2.29. The molecule has 21 heavy (non-hydrogen) atoms. The van der Waals surface area contributed by atoms with Crippen molar-refractivity contribution in [2.75, 3.05) is 26.2 Å². The summed E-state index contributed by atoms with van der Waals surface area (Å²) in [5.41, 5.74) is 0.443. The second-order valence-corrected chi connectivity index (χ2v) is 5.82. The number of benzene rings is 1. The highest BCUT2D eigenvalue weighted by atomic mass is 19.2. The number of hydrogen-bond donors (Lipinski definition) is 1. The smallest absolute Gasteiger partial charge is 0.163 e. The molecule has 1 aromatic rings. The average molecular weight is 296 g/mol. The van der Waals surface area contributed by atoms with Crippen molar-refractivity contribution >= 4 is 0 Å². The molecule has 0 bridgehead atoms. The summed E-state index contributed by atoms with van der Waals surface area (Å²) in [7, 11) is 0. The van der Waals surface area contributed by atoms with Crippen molar-refractivity contribution in [3.63, 3.8) is 0 Å². The average Bonchev–Trinajstić information content (AvgIpc) is 2.44. The van der Waals surface area contributed by atoms with E-state index in [1.165, 1.54) is 38.2 Å². The van der Waals surface area contributed by atoms with Gasteiger partial charge in [-0.25, -0.2) is 8.78 Å². The van der Waals surface area contributed by atoms with Gasteiger partial charge >= 0.3 is 0 Å². The van der Waals surface area contributed by atoms with Crippen LogP contribution in [0, 0.1) is 11.6 Å². The van der Waals surface area contributed by atoms with Gasteiger partial charge in [0.05, 0.1) is 0 Å². The molecule has 0 aliphatic carbocycles. The molecule has 1 fully saturated rings. The van der Waals surface area contributed by atoms with Crippen molar-refractivity contribution in [3.8, 4) is 0 Å². The standard InChI is InChI=1S/C17H26F2N2/c1-2-20-16(14-9-8-10-15(18)17(14)19)13-21-11-6-4-3-5-7-12-21/h8-10,16,20H,2-7,11-13H2,1H3. The third kappa shape index (κ3) is 4.75. The molecule has 2 rings (SSSR count). The summed E-state index contributed by atoms with van der Waals surface area (Å²) in [6.07, 6.45) is 6.27. The van der Waals surface area contributed by atoms with E-state index >= 15 is 0 Å². The van der Waals surface area contributed by atoms with E-state index in [0.717, 1.165) is 26.2 Å². The summed E-state index contributed by atoms with van der Waals surface area (Å²) in [5.74, 6) is -1.47. The molecular weight excluding hydrogens is 270 g/mol. The van der Waals surface area contributed by atoms with Gasteiger partial charge in [-0.3, -0.25) is 0 Å². The zero-order valence-corrected chi connectivity index (χ0v) is 12.9. The Morgan fingerprint density at radius 2 is 1.76 bits per heavy atom. The van der Waals surface area contributed by atoms with E-state index in [9.17, 15) is 8.78 Å². The van der Waals surface area contributed by atoms with Crippen molar-refractivity contribution < 1.29 is 8.78 Å². The lowest BCUT2D eigenvalue weighted by molar-refractivity contribution is 0.220. The Labute approximate surface area is 126 Å². The molecule has 1 aromatic carbocycles. The lowest BCUT2D eigenvalue weighted by atomic mass is 10.0. The molecule has 1 unspecified atom stereocenters. The molecule has 0 spiro atoms. The van der Waals surface area contributed by atoms with Gasteiger partial charge in [0.15, 0.2) is 11.6 Å². The number of hydrogen-bond acceptors (Lipinski definition) is 2. The monoisotopic (exact) mass is 296 g/mol. The SMILES string of the molecule is CCNC(CN1CCCCCCC1)c1cccc(F)c1F. The Balaban J connectivity index is 2.08. The maximum Gasteiger partial charge on any atom is 0.163 e. The normalized spacial score (nSPS) is 19.0. The van der Waals surface area contributed by atoms with Gasteiger partial charge in [0.1, 0.15) is 0 Å². The van der Waals surface area contributed by atoms with Gasteiger partial charge in [-0.1, -0.05) is 38.3 Å². The van der Waals surface area contributed by atoms with Crippen molar-refractivity contribution in [2.24, 2.45) is 0 Å². The van der Waals surface area contributed by atoms with Crippen molar-refractivity contribution in [3.05, 3.63) is 35.4 Å². The lowest BCUT2D eigenvalue weighted by Crippen LogP contribution is -2.37. The first-order valence-electron chi connectivity index (χ1n) is 8.12. The highest BCUT2D eigenvalue weighted by Crippen LogP contribution is 2.21. The van der Waals surface area contributed by atoms with Crippen LogP contribution in [0.15, 0.2) is 18.2 Å². The van der Waals surface area contributed by atoms with Crippen LogP contribution in [0.5, 0.6) is 0 Å². The fourth-order valence-electron chi connectivity index (χ4n) is 3.06. The van der Waals surface area contributed by atoms with Gasteiger partial charge in [-0.15, -0.1) is 0 Å². The van der Waals surface area contributed by atoms with Crippen molar-refractivity contribution in [1.29, 1.82) is 0 Å². The van der Waals surface area contributed by atoms with Crippen LogP contribution in [0.4, 0.5) is 8.78 Å². The van der Waals surface area contributed by atoms with Crippen LogP contribution < -0.4 is 5.32 Å². The van der Waals surface area contributed by atoms with Crippen molar-refractivity contribution in [1.82, 2.24) is 10.2 Å². The Bertz CT molecular complexity index is 429. The zero-order valence-electron chi connectivity index (χ0n) is 12.9. The zero-order chi connectivity index (χ0) is 15.1. The molecular formula is C17H26F2N2. The number of nitrogens with zero attached hydrogens (tertiary/aromatic N) is 1. The number of likely N-dealkylation sites (N-methyl/N-ethyl adjacent to an activating group) is 1. The molecule has 1 atom stereocenters. The van der Waals surface area contributed by atoms with Crippen LogP contribution in [0.25, 0.3) is 0 Å². The molecule has 0 radical (unpaired) electrons. The summed E-state index contributed by atoms with van der Waals surface area (Å²) >= 11 is 0. The second kappa shape index (κ2) is 8.44. The molecule has 2 nitrogen and oxygen atoms in total. The van der Waals surface area contributed by atoms with Crippen LogP contribution in [0.3, 0.4) is 0 Å². The Morgan fingerprint density at radius 1 is 1.10 bits per heavy atom. The van der Waals surface area contributed by atoms with Gasteiger partial charge in [0.25, 0.3) is 0 Å². The third-order valence-electron chi connectivity index (χ3n) is 4.20. The molecule has 0 amide bonds. The fourth-order valence-corrected chi connectivity index (χ4v) is 3.06. The van der Waals surface area contributed by atoms with Crippen LogP contribution in [-0.4, -0.2) is 31.1 Å². The number of likely N-dealkylation sites (tertiary alicyclic amines) is 1. The highest BCUT2D eigenvalue weighted by Gasteiger charge is 2.20. The minimum absolute atomic E-state index is 0.148. The number of rotatable bonds is 5. The van der Waals surface area contributed by atoms with Gasteiger partial charge in [0, 0.05) is 18.2 Å². The van der Waals surface area contributed by atoms with E-state index < -0.39 is 11.6 Å². The maximum absolute atomic E-state index is 14.0. The van der Waals surface area contributed by atoms with Crippen LogP contribution in [0.1, 0.15) is 50.6 Å². The molecule has 4 heteroatoms. The minimum atomic E-state index is -0.761. The van der Waals surface area contributed by atoms with E-state index in [0.29, 0.717) is 5.56 Å². The number of nitrogens with one attached hydrogen (secondary N) is 1. The van der Waals surface area contributed by atoms with E-state index in [-0.39, 0.29) is 6.04 Å². The van der Waals surface area contributed by atoms with Crippen LogP contribution >= 0.6 is 0 Å². The Hall–Kier alpha value is -1.00. The molecule has 1 N–H and O–H groups in total. The van der Waals surface area contributed by atoms with E-state index in [2.05, 4.69) is 10.2 Å². The predicted octanol–water partition coefficient (Wildman–Crippen LogP) is 3.88. The largest absolute Gasteiger partial charge is 0.309 e. The van der Waals surface area contributed by atoms with E-state index in [1.807, 2.05) is 6.92 Å². The quantitative estimate of drug-likeness (QED) is 0.887. The van der Waals surface area contributed by atoms with Gasteiger partial charge in [0.2, 0.25) is 0 Å². The fraction of sp³-hybridized carbons (Fsp3) is 0.647. The van der Waals surface area contributed by atoms with E-state index in [1.54, 1.807) is 12.1 Å². The summed E-state index contributed by atoms with van der Waals surface area (Å²) < 4.78 is 27.5. The molecule has 1 aliphatic heterocycles. The maximum atomic E-state index is 14.0. The van der Waals surface area contributed by atoms with Crippen LogP contribution in [0.2, 0.25) is 0 Å². The first kappa shape index (κ1) is 16.4. The minimum Gasteiger partial charge on any atom is -0.309 e. The molecule has 0 aromatic heterocycles. The molecule has 0 saturated carbocycles. The molecule has 1 aliphatic rings. The topological polar surface area (TPSA) is 15.3 Å². The first-order chi connectivity index (χ1) is 10.2. The third-order valence-corrected chi connectivity index (χ3v) is 4.20. The summed E-state index contributed by atoms with van der Waals surface area (Å²) in [6.45, 7) is 5.60. The summed E-state index contributed by atoms with van der Waals surface area (Å²) in [5, 5.41) is 3.30. The Morgan fingerprint density at radius 3 is 2.43 bits per heavy atom. The highest BCUT2D eigenvalue weighted by molar-refractivity contribution is 5.23. The first-order valence-corrected chi connectivity index (χ1v) is 8.12. The van der Waals surface area contributed by atoms with Gasteiger partial charge in [-0.2, -0.15) is 0 Å². The second-order valence-electron chi connectivity index (χ2n) is 5.82. The molecule has 1 saturated heterocycles. The van der Waals surface area contributed by atoms with E-state index in [4.69, 9.17) is 0 Å². The molecule has 1 heterocycles. The Kier molecular flexibility index (Phi) is 6.58.